The van der Waals surface area contributed by atoms with E-state index in [1.807, 2.05) is 66.7 Å². The number of rotatable bonds is 10. The van der Waals surface area contributed by atoms with Gasteiger partial charge in [0.15, 0.2) is 0 Å². The standard InChI is InChI=1S/C35H34N4O3/c40-34(28-15-9-14-27(20-28)21-32-30-16-7-8-17-31(30)35(41)38-37-32)36-33(29-18-19-42-24-29)39(22-25-10-3-1-4-11-25)23-26-12-5-2-6-13-26/h1-6,9-15,18-20,24,33H,7-8,16-17,21-23H2,(H,36,40)(H,38,41). The molecule has 1 aliphatic carbocycles. The topological polar surface area (TPSA) is 91.2 Å². The van der Waals surface area contributed by atoms with Gasteiger partial charge in [0.1, 0.15) is 6.17 Å². The van der Waals surface area contributed by atoms with Gasteiger partial charge >= 0.3 is 0 Å². The van der Waals surface area contributed by atoms with Gasteiger partial charge < -0.3 is 9.73 Å². The van der Waals surface area contributed by atoms with Crippen molar-refractivity contribution in [3.63, 3.8) is 0 Å². The summed E-state index contributed by atoms with van der Waals surface area (Å²) in [5.74, 6) is -0.175. The van der Waals surface area contributed by atoms with E-state index in [1.54, 1.807) is 12.5 Å². The van der Waals surface area contributed by atoms with Gasteiger partial charge in [-0.15, -0.1) is 0 Å². The third-order valence-electron chi connectivity index (χ3n) is 7.89. The highest BCUT2D eigenvalue weighted by Gasteiger charge is 2.25. The number of carbonyl (C=O) groups excluding carboxylic acids is 1. The Labute approximate surface area is 245 Å². The monoisotopic (exact) mass is 558 g/mol. The highest BCUT2D eigenvalue weighted by molar-refractivity contribution is 5.94. The molecule has 1 atom stereocenters. The van der Waals surface area contributed by atoms with Gasteiger partial charge in [0.05, 0.1) is 18.2 Å². The zero-order chi connectivity index (χ0) is 28.7. The van der Waals surface area contributed by atoms with Crippen molar-refractivity contribution in [3.8, 4) is 0 Å². The van der Waals surface area contributed by atoms with Crippen molar-refractivity contribution >= 4 is 5.91 Å². The van der Waals surface area contributed by atoms with Crippen molar-refractivity contribution in [2.75, 3.05) is 0 Å². The number of aromatic nitrogens is 2. The van der Waals surface area contributed by atoms with E-state index in [1.165, 1.54) is 0 Å². The van der Waals surface area contributed by atoms with Crippen LogP contribution in [0.25, 0.3) is 0 Å². The van der Waals surface area contributed by atoms with Gasteiger partial charge in [-0.25, -0.2) is 5.10 Å². The second-order valence-electron chi connectivity index (χ2n) is 10.8. The number of hydrogen-bond donors (Lipinski definition) is 2. The first-order valence-corrected chi connectivity index (χ1v) is 14.5. The number of hydrogen-bond acceptors (Lipinski definition) is 5. The minimum Gasteiger partial charge on any atom is -0.472 e. The average Bonchev–Trinajstić information content (AvgIpc) is 3.57. The minimum atomic E-state index is -0.423. The van der Waals surface area contributed by atoms with Gasteiger partial charge in [-0.2, -0.15) is 5.10 Å². The maximum absolute atomic E-state index is 13.8. The second kappa shape index (κ2) is 12.8. The van der Waals surface area contributed by atoms with Crippen LogP contribution in [0.15, 0.2) is 113 Å². The normalized spacial score (nSPS) is 13.5. The van der Waals surface area contributed by atoms with E-state index < -0.39 is 6.17 Å². The number of H-pyrrole nitrogens is 1. The predicted octanol–water partition coefficient (Wildman–Crippen LogP) is 5.96. The molecule has 0 spiro atoms. The third kappa shape index (κ3) is 6.42. The van der Waals surface area contributed by atoms with E-state index in [9.17, 15) is 9.59 Å². The Balaban J connectivity index is 1.27. The molecule has 7 heteroatoms. The Hall–Kier alpha value is -4.75. The van der Waals surface area contributed by atoms with Crippen LogP contribution in [-0.2, 0) is 32.4 Å². The number of amides is 1. The summed E-state index contributed by atoms with van der Waals surface area (Å²) >= 11 is 0. The quantitative estimate of drug-likeness (QED) is 0.206. The number of aromatic amines is 1. The molecule has 3 aromatic carbocycles. The van der Waals surface area contributed by atoms with E-state index in [-0.39, 0.29) is 11.5 Å². The van der Waals surface area contributed by atoms with Gasteiger partial charge in [-0.05, 0) is 66.1 Å². The molecule has 5 aromatic rings. The number of furan rings is 1. The Kier molecular flexibility index (Phi) is 8.38. The van der Waals surface area contributed by atoms with Gasteiger partial charge in [0, 0.05) is 36.2 Å². The van der Waals surface area contributed by atoms with Gasteiger partial charge in [0.25, 0.3) is 11.5 Å². The molecule has 0 bridgehead atoms. The van der Waals surface area contributed by atoms with E-state index in [0.29, 0.717) is 25.1 Å². The molecule has 0 saturated heterocycles. The average molecular weight is 559 g/mol. The van der Waals surface area contributed by atoms with Crippen LogP contribution in [-0.4, -0.2) is 21.0 Å². The molecule has 7 nitrogen and oxygen atoms in total. The lowest BCUT2D eigenvalue weighted by molar-refractivity contribution is 0.0819. The van der Waals surface area contributed by atoms with Crippen LogP contribution in [0.5, 0.6) is 0 Å². The fourth-order valence-corrected chi connectivity index (χ4v) is 5.79. The fourth-order valence-electron chi connectivity index (χ4n) is 5.79. The van der Waals surface area contributed by atoms with E-state index in [4.69, 9.17) is 4.42 Å². The highest BCUT2D eigenvalue weighted by atomic mass is 16.3. The lowest BCUT2D eigenvalue weighted by Gasteiger charge is -2.32. The SMILES string of the molecule is O=C(NC(c1ccoc1)N(Cc1ccccc1)Cc1ccccc1)c1cccc(Cc2n[nH]c(=O)c3c2CCCC3)c1. The largest absolute Gasteiger partial charge is 0.472 e. The number of benzene rings is 3. The Morgan fingerprint density at radius 1 is 0.857 bits per heavy atom. The number of nitrogens with zero attached hydrogens (tertiary/aromatic N) is 2. The number of nitrogens with one attached hydrogen (secondary N) is 2. The van der Waals surface area contributed by atoms with Crippen LogP contribution in [0, 0.1) is 0 Å². The van der Waals surface area contributed by atoms with Crippen molar-refractivity contribution in [2.45, 2.75) is 51.4 Å². The zero-order valence-corrected chi connectivity index (χ0v) is 23.5. The predicted molar refractivity (Wildman–Crippen MR) is 162 cm³/mol. The summed E-state index contributed by atoms with van der Waals surface area (Å²) in [7, 11) is 0. The Morgan fingerprint density at radius 3 is 2.19 bits per heavy atom. The smallest absolute Gasteiger partial charge is 0.267 e. The van der Waals surface area contributed by atoms with Crippen molar-refractivity contribution < 1.29 is 9.21 Å². The second-order valence-corrected chi connectivity index (χ2v) is 10.8. The Bertz CT molecular complexity index is 1640. The fraction of sp³-hybridized carbons (Fsp3) is 0.229. The summed E-state index contributed by atoms with van der Waals surface area (Å²) < 4.78 is 5.46. The molecule has 0 fully saturated rings. The summed E-state index contributed by atoms with van der Waals surface area (Å²) in [6, 6.07) is 30.1. The first-order valence-electron chi connectivity index (χ1n) is 14.5. The van der Waals surface area contributed by atoms with Crippen molar-refractivity contribution in [1.29, 1.82) is 0 Å². The molecule has 1 amide bonds. The summed E-state index contributed by atoms with van der Waals surface area (Å²) in [6.45, 7) is 1.27. The van der Waals surface area contributed by atoms with Gasteiger partial charge in [-0.1, -0.05) is 72.8 Å². The van der Waals surface area contributed by atoms with Crippen LogP contribution >= 0.6 is 0 Å². The maximum atomic E-state index is 13.8. The maximum Gasteiger partial charge on any atom is 0.267 e. The van der Waals surface area contributed by atoms with Crippen molar-refractivity contribution in [1.82, 2.24) is 20.4 Å². The molecule has 6 rings (SSSR count). The molecule has 2 aromatic heterocycles. The van der Waals surface area contributed by atoms with Crippen LogP contribution in [0.1, 0.15) is 68.4 Å². The summed E-state index contributed by atoms with van der Waals surface area (Å²) in [4.78, 5) is 28.4. The van der Waals surface area contributed by atoms with Gasteiger partial charge in [0.2, 0.25) is 0 Å². The molecule has 42 heavy (non-hydrogen) atoms. The first-order chi connectivity index (χ1) is 20.6. The minimum absolute atomic E-state index is 0.0811. The first kappa shape index (κ1) is 27.4. The van der Waals surface area contributed by atoms with Crippen LogP contribution < -0.4 is 10.9 Å². The van der Waals surface area contributed by atoms with E-state index >= 15 is 0 Å². The molecule has 1 aliphatic rings. The Morgan fingerprint density at radius 2 is 1.52 bits per heavy atom. The summed E-state index contributed by atoms with van der Waals surface area (Å²) in [5, 5.41) is 10.4. The van der Waals surface area contributed by atoms with Crippen LogP contribution in [0.3, 0.4) is 0 Å². The molecule has 0 radical (unpaired) electrons. The van der Waals surface area contributed by atoms with E-state index in [0.717, 1.165) is 64.8 Å². The molecule has 0 saturated carbocycles. The van der Waals surface area contributed by atoms with Crippen LogP contribution in [0.4, 0.5) is 0 Å². The molecule has 2 N–H and O–H groups in total. The highest BCUT2D eigenvalue weighted by Crippen LogP contribution is 2.25. The molecule has 2 heterocycles. The molecular formula is C35H34N4O3. The van der Waals surface area contributed by atoms with Gasteiger partial charge in [-0.3, -0.25) is 14.5 Å². The number of fused-ring (bicyclic) bond motifs is 1. The third-order valence-corrected chi connectivity index (χ3v) is 7.89. The summed E-state index contributed by atoms with van der Waals surface area (Å²) in [5.41, 5.74) is 7.44. The van der Waals surface area contributed by atoms with Crippen LogP contribution in [0.2, 0.25) is 0 Å². The lowest BCUT2D eigenvalue weighted by atomic mass is 9.90. The molecular weight excluding hydrogens is 524 g/mol. The lowest BCUT2D eigenvalue weighted by Crippen LogP contribution is -2.40. The molecule has 212 valence electrons. The number of carbonyl (C=O) groups is 1. The zero-order valence-electron chi connectivity index (χ0n) is 23.5. The molecule has 1 unspecified atom stereocenters. The van der Waals surface area contributed by atoms with Crippen molar-refractivity contribution in [3.05, 3.63) is 159 Å². The van der Waals surface area contributed by atoms with Crippen molar-refractivity contribution in [2.24, 2.45) is 0 Å². The molecule has 0 aliphatic heterocycles. The van der Waals surface area contributed by atoms with E-state index in [2.05, 4.69) is 44.7 Å². The summed E-state index contributed by atoms with van der Waals surface area (Å²) in [6.07, 6.45) is 7.20.